The zero-order valence-corrected chi connectivity index (χ0v) is 7.53. The van der Waals surface area contributed by atoms with Gasteiger partial charge in [0, 0.05) is 0 Å². The molecule has 0 rings (SSSR count). The second-order valence-electron chi connectivity index (χ2n) is 2.27. The van der Waals surface area contributed by atoms with Crippen molar-refractivity contribution >= 4 is 5.78 Å². The van der Waals surface area contributed by atoms with Gasteiger partial charge >= 0.3 is 0 Å². The molecule has 0 radical (unpaired) electrons. The van der Waals surface area contributed by atoms with E-state index in [9.17, 15) is 4.79 Å². The van der Waals surface area contributed by atoms with E-state index in [2.05, 4.69) is 0 Å². The Morgan fingerprint density at radius 3 is 1.92 bits per heavy atom. The van der Waals surface area contributed by atoms with E-state index in [-0.39, 0.29) is 5.78 Å². The highest BCUT2D eigenvalue weighted by atomic mass is 16.1. The molecule has 12 heavy (non-hydrogen) atoms. The second kappa shape index (κ2) is 7.73. The Morgan fingerprint density at radius 1 is 0.917 bits per heavy atom. The van der Waals surface area contributed by atoms with Gasteiger partial charge in [-0.3, -0.25) is 4.79 Å². The first-order chi connectivity index (χ1) is 5.77. The maximum Gasteiger partial charge on any atom is 0.152 e. The van der Waals surface area contributed by atoms with Gasteiger partial charge in [-0.2, -0.15) is 0 Å². The molecule has 0 aliphatic carbocycles. The maximum atomic E-state index is 10.4. The Balaban J connectivity index is 3.70. The summed E-state index contributed by atoms with van der Waals surface area (Å²) in [7, 11) is 0. The standard InChI is InChI=1S/C11H14O/c1-3-4-5-6-7-8-9-10-11(2)12/h3-10H,1-2H3. The van der Waals surface area contributed by atoms with E-state index in [1.54, 1.807) is 6.08 Å². The number of hydrogen-bond acceptors (Lipinski definition) is 1. The Bertz CT molecular complexity index is 229. The maximum absolute atomic E-state index is 10.4. The summed E-state index contributed by atoms with van der Waals surface area (Å²) in [5.41, 5.74) is 0. The average Bonchev–Trinajstić information content (AvgIpc) is 2.02. The van der Waals surface area contributed by atoms with Crippen molar-refractivity contribution in [1.82, 2.24) is 0 Å². The number of carbonyl (C=O) groups excluding carboxylic acids is 1. The first-order valence-corrected chi connectivity index (χ1v) is 3.90. The van der Waals surface area contributed by atoms with Gasteiger partial charge in [0.1, 0.15) is 0 Å². The minimum atomic E-state index is 0.0667. The number of ketones is 1. The van der Waals surface area contributed by atoms with Gasteiger partial charge in [0.05, 0.1) is 0 Å². The summed E-state index contributed by atoms with van der Waals surface area (Å²) in [4.78, 5) is 10.4. The zero-order chi connectivity index (χ0) is 9.23. The molecule has 0 unspecified atom stereocenters. The van der Waals surface area contributed by atoms with Crippen LogP contribution < -0.4 is 0 Å². The third-order valence-corrected chi connectivity index (χ3v) is 1.08. The van der Waals surface area contributed by atoms with E-state index in [1.165, 1.54) is 13.0 Å². The first kappa shape index (κ1) is 10.6. The summed E-state index contributed by atoms with van der Waals surface area (Å²) in [5, 5.41) is 0. The van der Waals surface area contributed by atoms with Gasteiger partial charge < -0.3 is 0 Å². The summed E-state index contributed by atoms with van der Waals surface area (Å²) in [6.45, 7) is 3.49. The van der Waals surface area contributed by atoms with Crippen molar-refractivity contribution in [2.75, 3.05) is 0 Å². The molecule has 0 N–H and O–H groups in total. The third kappa shape index (κ3) is 8.63. The molecule has 0 bridgehead atoms. The molecule has 1 heteroatoms. The molecule has 0 saturated carbocycles. The average molecular weight is 162 g/mol. The molecule has 0 aliphatic heterocycles. The molecule has 0 atom stereocenters. The van der Waals surface area contributed by atoms with E-state index in [0.717, 1.165) is 0 Å². The fourth-order valence-corrected chi connectivity index (χ4v) is 0.559. The fourth-order valence-electron chi connectivity index (χ4n) is 0.559. The fraction of sp³-hybridized carbons (Fsp3) is 0.182. The molecule has 64 valence electrons. The summed E-state index contributed by atoms with van der Waals surface area (Å²) < 4.78 is 0. The normalized spacial score (nSPS) is 12.8. The molecule has 0 aromatic heterocycles. The highest BCUT2D eigenvalue weighted by Crippen LogP contribution is 1.82. The second-order valence-corrected chi connectivity index (χ2v) is 2.27. The lowest BCUT2D eigenvalue weighted by Crippen LogP contribution is -1.77. The van der Waals surface area contributed by atoms with Gasteiger partial charge in [-0.1, -0.05) is 42.5 Å². The Labute approximate surface area is 73.8 Å². The molecule has 0 heterocycles. The first-order valence-electron chi connectivity index (χ1n) is 3.90. The zero-order valence-electron chi connectivity index (χ0n) is 7.53. The van der Waals surface area contributed by atoms with Crippen LogP contribution in [0.2, 0.25) is 0 Å². The van der Waals surface area contributed by atoms with E-state index in [0.29, 0.717) is 0 Å². The molecule has 0 aromatic carbocycles. The number of rotatable bonds is 4. The molecule has 0 amide bonds. The van der Waals surface area contributed by atoms with Crippen molar-refractivity contribution in [1.29, 1.82) is 0 Å². The van der Waals surface area contributed by atoms with E-state index < -0.39 is 0 Å². The molecule has 0 fully saturated rings. The van der Waals surface area contributed by atoms with Crippen molar-refractivity contribution in [3.8, 4) is 0 Å². The number of hydrogen-bond donors (Lipinski definition) is 0. The monoisotopic (exact) mass is 162 g/mol. The number of carbonyl (C=O) groups is 1. The van der Waals surface area contributed by atoms with Crippen LogP contribution in [0.25, 0.3) is 0 Å². The Kier molecular flexibility index (Phi) is 6.85. The van der Waals surface area contributed by atoms with Crippen LogP contribution in [0.5, 0.6) is 0 Å². The molecular weight excluding hydrogens is 148 g/mol. The lowest BCUT2D eigenvalue weighted by Gasteiger charge is -1.74. The van der Waals surface area contributed by atoms with Gasteiger partial charge in [-0.25, -0.2) is 0 Å². The van der Waals surface area contributed by atoms with Crippen molar-refractivity contribution in [3.05, 3.63) is 48.6 Å². The molecular formula is C11H14O. The van der Waals surface area contributed by atoms with Crippen LogP contribution in [0.15, 0.2) is 48.6 Å². The van der Waals surface area contributed by atoms with E-state index >= 15 is 0 Å². The highest BCUT2D eigenvalue weighted by Gasteiger charge is 1.75. The summed E-state index contributed by atoms with van der Waals surface area (Å²) in [5.74, 6) is 0.0667. The van der Waals surface area contributed by atoms with E-state index in [1.807, 2.05) is 43.4 Å². The third-order valence-electron chi connectivity index (χ3n) is 1.08. The predicted molar refractivity (Wildman–Crippen MR) is 52.9 cm³/mol. The summed E-state index contributed by atoms with van der Waals surface area (Å²) >= 11 is 0. The topological polar surface area (TPSA) is 17.1 Å². The molecule has 1 nitrogen and oxygen atoms in total. The van der Waals surface area contributed by atoms with Crippen LogP contribution >= 0.6 is 0 Å². The minimum absolute atomic E-state index is 0.0667. The predicted octanol–water partition coefficient (Wildman–Crippen LogP) is 2.82. The number of allylic oxidation sites excluding steroid dienone is 8. The lowest BCUT2D eigenvalue weighted by molar-refractivity contribution is -0.112. The van der Waals surface area contributed by atoms with Crippen molar-refractivity contribution in [2.45, 2.75) is 13.8 Å². The smallest absolute Gasteiger partial charge is 0.152 e. The molecule has 0 aliphatic rings. The van der Waals surface area contributed by atoms with Crippen molar-refractivity contribution in [2.24, 2.45) is 0 Å². The van der Waals surface area contributed by atoms with Crippen LogP contribution in [-0.2, 0) is 4.79 Å². The van der Waals surface area contributed by atoms with Crippen LogP contribution in [0.3, 0.4) is 0 Å². The van der Waals surface area contributed by atoms with Crippen molar-refractivity contribution < 1.29 is 4.79 Å². The molecule has 0 spiro atoms. The van der Waals surface area contributed by atoms with Gasteiger partial charge in [0.2, 0.25) is 0 Å². The van der Waals surface area contributed by atoms with Crippen LogP contribution in [0.4, 0.5) is 0 Å². The van der Waals surface area contributed by atoms with Gasteiger partial charge in [0.25, 0.3) is 0 Å². The summed E-state index contributed by atoms with van der Waals surface area (Å²) in [6, 6.07) is 0. The highest BCUT2D eigenvalue weighted by molar-refractivity contribution is 5.87. The van der Waals surface area contributed by atoms with Crippen LogP contribution in [-0.4, -0.2) is 5.78 Å². The van der Waals surface area contributed by atoms with Gasteiger partial charge in [-0.05, 0) is 19.9 Å². The van der Waals surface area contributed by atoms with E-state index in [4.69, 9.17) is 0 Å². The van der Waals surface area contributed by atoms with Gasteiger partial charge in [-0.15, -0.1) is 0 Å². The van der Waals surface area contributed by atoms with Gasteiger partial charge in [0.15, 0.2) is 5.78 Å². The van der Waals surface area contributed by atoms with Crippen molar-refractivity contribution in [3.63, 3.8) is 0 Å². The molecule has 0 saturated heterocycles. The quantitative estimate of drug-likeness (QED) is 0.459. The molecule has 0 aromatic rings. The minimum Gasteiger partial charge on any atom is -0.295 e. The van der Waals surface area contributed by atoms with Crippen LogP contribution in [0.1, 0.15) is 13.8 Å². The summed E-state index contributed by atoms with van der Waals surface area (Å²) in [6.07, 6.45) is 14.7. The largest absolute Gasteiger partial charge is 0.295 e. The SMILES string of the molecule is CC=CC=CC=CC=CC(C)=O. The van der Waals surface area contributed by atoms with Crippen LogP contribution in [0, 0.1) is 0 Å². The lowest BCUT2D eigenvalue weighted by atomic mass is 10.3. The Morgan fingerprint density at radius 2 is 1.42 bits per heavy atom. The Hall–Kier alpha value is -1.37.